The summed E-state index contributed by atoms with van der Waals surface area (Å²) < 4.78 is 0. The van der Waals surface area contributed by atoms with Crippen LogP contribution in [0.5, 0.6) is 0 Å². The fraction of sp³-hybridized carbons (Fsp3) is 0.160. The second kappa shape index (κ2) is 9.56. The molecule has 0 bridgehead atoms. The van der Waals surface area contributed by atoms with Gasteiger partial charge in [0.25, 0.3) is 0 Å². The van der Waals surface area contributed by atoms with Crippen LogP contribution in [0.2, 0.25) is 15.1 Å². The van der Waals surface area contributed by atoms with Gasteiger partial charge in [0.15, 0.2) is 5.82 Å². The van der Waals surface area contributed by atoms with E-state index in [0.717, 1.165) is 54.5 Å². The van der Waals surface area contributed by atoms with Crippen LogP contribution in [0.4, 0.5) is 11.5 Å². The Kier molecular flexibility index (Phi) is 6.36. The minimum atomic E-state index is 0.570. The van der Waals surface area contributed by atoms with Crippen LogP contribution < -0.4 is 9.80 Å². The van der Waals surface area contributed by atoms with Crippen LogP contribution in [0.15, 0.2) is 73.1 Å². The van der Waals surface area contributed by atoms with Gasteiger partial charge >= 0.3 is 0 Å². The van der Waals surface area contributed by atoms with Crippen LogP contribution in [-0.2, 0) is 0 Å². The first-order chi connectivity index (χ1) is 16.1. The molecule has 1 aliphatic heterocycles. The fourth-order valence-corrected chi connectivity index (χ4v) is 4.44. The molecule has 1 aliphatic rings. The van der Waals surface area contributed by atoms with Crippen molar-refractivity contribution in [1.29, 1.82) is 0 Å². The lowest BCUT2D eigenvalue weighted by Gasteiger charge is -2.37. The number of aromatic nitrogens is 3. The summed E-state index contributed by atoms with van der Waals surface area (Å²) in [7, 11) is 0. The molecule has 166 valence electrons. The third kappa shape index (κ3) is 4.76. The number of halogens is 3. The lowest BCUT2D eigenvalue weighted by molar-refractivity contribution is 0.647. The summed E-state index contributed by atoms with van der Waals surface area (Å²) in [5, 5.41) is 1.86. The van der Waals surface area contributed by atoms with Crippen molar-refractivity contribution >= 4 is 46.3 Å². The maximum atomic E-state index is 6.45. The van der Waals surface area contributed by atoms with E-state index in [4.69, 9.17) is 44.8 Å². The largest absolute Gasteiger partial charge is 0.367 e. The SMILES string of the molecule is Clc1ccc(-c2cc(N3CCN(c4cccc(Cl)c4Cl)CC3)nc(-c3cccnc3)n2)cc1. The second-order valence-electron chi connectivity index (χ2n) is 7.73. The summed E-state index contributed by atoms with van der Waals surface area (Å²) in [4.78, 5) is 18.5. The van der Waals surface area contributed by atoms with Gasteiger partial charge in [0.05, 0.1) is 21.4 Å². The zero-order valence-electron chi connectivity index (χ0n) is 17.6. The number of hydrogen-bond donors (Lipinski definition) is 0. The van der Waals surface area contributed by atoms with Crippen molar-refractivity contribution in [2.75, 3.05) is 36.0 Å². The summed E-state index contributed by atoms with van der Waals surface area (Å²) >= 11 is 18.8. The average molecular weight is 497 g/mol. The van der Waals surface area contributed by atoms with E-state index in [9.17, 15) is 0 Å². The molecule has 0 aliphatic carbocycles. The molecule has 1 fully saturated rings. The Morgan fingerprint density at radius 2 is 1.48 bits per heavy atom. The Balaban J connectivity index is 1.46. The van der Waals surface area contributed by atoms with E-state index in [-0.39, 0.29) is 0 Å². The lowest BCUT2D eigenvalue weighted by atomic mass is 10.1. The normalized spacial score (nSPS) is 13.9. The topological polar surface area (TPSA) is 45.2 Å². The molecule has 3 heterocycles. The maximum Gasteiger partial charge on any atom is 0.163 e. The van der Waals surface area contributed by atoms with Gasteiger partial charge in [-0.25, -0.2) is 9.97 Å². The van der Waals surface area contributed by atoms with Gasteiger partial charge in [-0.3, -0.25) is 4.98 Å². The number of anilines is 2. The van der Waals surface area contributed by atoms with Crippen molar-refractivity contribution in [3.63, 3.8) is 0 Å². The average Bonchev–Trinajstić information content (AvgIpc) is 2.86. The van der Waals surface area contributed by atoms with Gasteiger partial charge in [-0.1, -0.05) is 53.0 Å². The minimum absolute atomic E-state index is 0.570. The molecule has 33 heavy (non-hydrogen) atoms. The molecule has 4 aromatic rings. The molecule has 0 amide bonds. The fourth-order valence-electron chi connectivity index (χ4n) is 3.90. The van der Waals surface area contributed by atoms with Crippen molar-refractivity contribution in [3.05, 3.63) is 88.1 Å². The Morgan fingerprint density at radius 1 is 0.727 bits per heavy atom. The summed E-state index contributed by atoms with van der Waals surface area (Å²) in [5.74, 6) is 1.52. The van der Waals surface area contributed by atoms with E-state index < -0.39 is 0 Å². The maximum absolute atomic E-state index is 6.45. The highest BCUT2D eigenvalue weighted by Crippen LogP contribution is 2.34. The molecule has 8 heteroatoms. The lowest BCUT2D eigenvalue weighted by Crippen LogP contribution is -2.47. The molecular formula is C25H20Cl3N5. The van der Waals surface area contributed by atoms with E-state index in [0.29, 0.717) is 20.9 Å². The molecule has 0 radical (unpaired) electrons. The van der Waals surface area contributed by atoms with Gasteiger partial charge < -0.3 is 9.80 Å². The van der Waals surface area contributed by atoms with E-state index in [1.54, 1.807) is 12.4 Å². The molecule has 2 aromatic carbocycles. The van der Waals surface area contributed by atoms with Crippen LogP contribution >= 0.6 is 34.8 Å². The number of piperazine rings is 1. The van der Waals surface area contributed by atoms with Crippen LogP contribution in [0, 0.1) is 0 Å². The third-order valence-corrected chi connectivity index (χ3v) is 6.71. The molecule has 2 aromatic heterocycles. The number of hydrogen-bond acceptors (Lipinski definition) is 5. The highest BCUT2D eigenvalue weighted by molar-refractivity contribution is 6.43. The number of nitrogens with zero attached hydrogens (tertiary/aromatic N) is 5. The number of benzene rings is 2. The summed E-state index contributed by atoms with van der Waals surface area (Å²) in [6, 6.07) is 19.3. The standard InChI is InChI=1S/C25H20Cl3N5/c26-19-8-6-17(7-9-19)21-15-23(31-25(30-21)18-3-2-10-29-16-18)33-13-11-32(12-14-33)22-5-1-4-20(27)24(22)28/h1-10,15-16H,11-14H2. The van der Waals surface area contributed by atoms with Gasteiger partial charge in [-0.2, -0.15) is 0 Å². The predicted molar refractivity (Wildman–Crippen MR) is 137 cm³/mol. The monoisotopic (exact) mass is 495 g/mol. The summed E-state index contributed by atoms with van der Waals surface area (Å²) in [6.07, 6.45) is 3.53. The number of pyridine rings is 1. The predicted octanol–water partition coefficient (Wildman–Crippen LogP) is 6.49. The molecule has 0 spiro atoms. The molecule has 0 atom stereocenters. The first-order valence-electron chi connectivity index (χ1n) is 10.6. The van der Waals surface area contributed by atoms with Gasteiger partial charge in [-0.05, 0) is 36.4 Å². The molecule has 5 rings (SSSR count). The second-order valence-corrected chi connectivity index (χ2v) is 8.95. The zero-order chi connectivity index (χ0) is 22.8. The van der Waals surface area contributed by atoms with Crippen molar-refractivity contribution in [3.8, 4) is 22.6 Å². The third-order valence-electron chi connectivity index (χ3n) is 5.65. The Hall–Kier alpha value is -2.86. The van der Waals surface area contributed by atoms with E-state index >= 15 is 0 Å². The summed E-state index contributed by atoms with van der Waals surface area (Å²) in [5.41, 5.74) is 3.66. The Labute approximate surface area is 207 Å². The van der Waals surface area contributed by atoms with E-state index in [2.05, 4.69) is 14.8 Å². The van der Waals surface area contributed by atoms with Crippen LogP contribution in [0.1, 0.15) is 0 Å². The van der Waals surface area contributed by atoms with Crippen LogP contribution in [-0.4, -0.2) is 41.1 Å². The Morgan fingerprint density at radius 3 is 2.21 bits per heavy atom. The summed E-state index contributed by atoms with van der Waals surface area (Å²) in [6.45, 7) is 3.21. The molecule has 0 unspecified atom stereocenters. The van der Waals surface area contributed by atoms with Gasteiger partial charge in [0, 0.05) is 60.8 Å². The molecular weight excluding hydrogens is 477 g/mol. The van der Waals surface area contributed by atoms with Crippen molar-refractivity contribution in [2.24, 2.45) is 0 Å². The van der Waals surface area contributed by atoms with E-state index in [1.807, 2.05) is 60.7 Å². The zero-order valence-corrected chi connectivity index (χ0v) is 19.9. The highest BCUT2D eigenvalue weighted by atomic mass is 35.5. The first kappa shape index (κ1) is 22.0. The molecule has 1 saturated heterocycles. The van der Waals surface area contributed by atoms with Gasteiger partial charge in [-0.15, -0.1) is 0 Å². The van der Waals surface area contributed by atoms with Crippen molar-refractivity contribution in [2.45, 2.75) is 0 Å². The molecule has 0 N–H and O–H groups in total. The first-order valence-corrected chi connectivity index (χ1v) is 11.7. The van der Waals surface area contributed by atoms with Gasteiger partial charge in [0.1, 0.15) is 5.82 Å². The van der Waals surface area contributed by atoms with Crippen molar-refractivity contribution in [1.82, 2.24) is 15.0 Å². The highest BCUT2D eigenvalue weighted by Gasteiger charge is 2.22. The minimum Gasteiger partial charge on any atom is -0.367 e. The van der Waals surface area contributed by atoms with Crippen LogP contribution in [0.25, 0.3) is 22.6 Å². The smallest absolute Gasteiger partial charge is 0.163 e. The molecule has 5 nitrogen and oxygen atoms in total. The number of rotatable bonds is 4. The van der Waals surface area contributed by atoms with Crippen LogP contribution in [0.3, 0.4) is 0 Å². The molecule has 0 saturated carbocycles. The Bertz CT molecular complexity index is 1260. The quantitative estimate of drug-likeness (QED) is 0.323. The van der Waals surface area contributed by atoms with E-state index in [1.165, 1.54) is 0 Å². The van der Waals surface area contributed by atoms with Crippen molar-refractivity contribution < 1.29 is 0 Å². The van der Waals surface area contributed by atoms with Gasteiger partial charge in [0.2, 0.25) is 0 Å².